The van der Waals surface area contributed by atoms with E-state index in [9.17, 15) is 5.11 Å². The predicted octanol–water partition coefficient (Wildman–Crippen LogP) is 18.4. The fourth-order valence-corrected chi connectivity index (χ4v) is 14.2. The highest BCUT2D eigenvalue weighted by Gasteiger charge is 2.41. The summed E-state index contributed by atoms with van der Waals surface area (Å²) < 4.78 is 90.3. The minimum Gasteiger partial charge on any atom is -0.497 e. The highest BCUT2D eigenvalue weighted by atomic mass is 31.1. The largest absolute Gasteiger partial charge is 0.497 e. The Balaban J connectivity index is 0.00000107. The van der Waals surface area contributed by atoms with Gasteiger partial charge in [-0.1, -0.05) is 177 Å². The maximum absolute atomic E-state index is 9.56. The number of unbranched alkanes of at least 4 members (excludes halogenated alkanes) is 3. The second-order valence-electron chi connectivity index (χ2n) is 27.4. The zero-order chi connectivity index (χ0) is 78.1. The minimum atomic E-state index is -0.988. The molecule has 9 aromatic carbocycles. The molecule has 0 radical (unpaired) electrons. The molecule has 17 nitrogen and oxygen atoms in total. The van der Waals surface area contributed by atoms with Crippen LogP contribution in [0.1, 0.15) is 129 Å². The van der Waals surface area contributed by atoms with Gasteiger partial charge < -0.3 is 71.2 Å². The topological polar surface area (TPSA) is 176 Å². The standard InChI is InChI=1S/C83H96O14.C9H19N2OP/c1-85-74-41-29-68(30-42-74)81(65-23-12-9-13-24-65,69-31-43-75(86-2)44-32-69)95-58-20-55-92-62-80(61-91-54-19-8-7-18-53-84,63-93-56-21-59-96-82(66-25-14-10-15-26-66,70-33-45-76(87-3)46-34-70)71-35-47-77(88-4)48-36-71)64-94-57-22-60-97-83(67-27-16-11-17-28-67,72-37-49-78(89-5)50-38-72)73-39-51-79(90-6)52-40-73;1-8(2)11(9(3)4)13-12-7-5-6-10/h9-17,23-52,84H,7-8,18-22,53-64H2,1-6H3;8-9,13H,5,7H2,1-4H3. The van der Waals surface area contributed by atoms with E-state index >= 15 is 0 Å². The normalized spacial score (nSPS) is 11.9. The molecule has 1 unspecified atom stereocenters. The Labute approximate surface area is 655 Å². The van der Waals surface area contributed by atoms with Gasteiger partial charge in [0.2, 0.25) is 0 Å². The molecule has 0 bridgehead atoms. The summed E-state index contributed by atoms with van der Waals surface area (Å²) in [7, 11) is 10.4. The molecule has 9 aromatic rings. The Hall–Kier alpha value is -8.70. The van der Waals surface area contributed by atoms with E-state index in [0.29, 0.717) is 106 Å². The van der Waals surface area contributed by atoms with Crippen LogP contribution in [0, 0.1) is 16.7 Å². The Morgan fingerprint density at radius 1 is 0.318 bits per heavy atom. The molecule has 0 spiro atoms. The van der Waals surface area contributed by atoms with Crippen molar-refractivity contribution in [3.05, 3.63) is 287 Å². The van der Waals surface area contributed by atoms with Crippen LogP contribution in [0.4, 0.5) is 0 Å². The minimum absolute atomic E-state index is 0.166. The van der Waals surface area contributed by atoms with E-state index in [-0.39, 0.29) is 26.4 Å². The Morgan fingerprint density at radius 2 is 0.564 bits per heavy atom. The summed E-state index contributed by atoms with van der Waals surface area (Å²) in [6, 6.07) is 82.4. The van der Waals surface area contributed by atoms with Crippen LogP contribution in [0.2, 0.25) is 0 Å². The number of methoxy groups -OCH3 is 6. The maximum atomic E-state index is 9.56. The summed E-state index contributed by atoms with van der Waals surface area (Å²) in [4.78, 5) is 0. The first-order chi connectivity index (χ1) is 53.8. The molecular formula is C92H115N2O15P. The van der Waals surface area contributed by atoms with Crippen molar-refractivity contribution >= 4 is 8.96 Å². The van der Waals surface area contributed by atoms with E-state index in [0.717, 1.165) is 110 Å². The summed E-state index contributed by atoms with van der Waals surface area (Å²) in [5, 5.41) is 17.9. The fourth-order valence-electron chi connectivity index (χ4n) is 13.5. The molecule has 110 heavy (non-hydrogen) atoms. The second kappa shape index (κ2) is 46.8. The number of hydrogen-bond donors (Lipinski definition) is 1. The SMILES string of the molecule is CC(C)N(POCCC#N)C(C)C.COc1ccc(C(OCCCOCC(COCCCCCCO)(COCCCOC(c2ccccc2)(c2ccc(OC)cc2)c2ccc(OC)cc2)COCCCOC(c2ccccc2)(c2ccc(OC)cc2)c2ccc(OC)cc2)(c2ccccc2)c2ccc(OC)cc2)cc1. The van der Waals surface area contributed by atoms with Gasteiger partial charge in [-0.2, -0.15) is 5.26 Å². The maximum Gasteiger partial charge on any atom is 0.143 e. The molecule has 9 rings (SSSR count). The monoisotopic (exact) mass is 1520 g/mol. The first-order valence-corrected chi connectivity index (χ1v) is 39.1. The van der Waals surface area contributed by atoms with Gasteiger partial charge in [0.1, 0.15) is 51.3 Å². The molecular weight excluding hydrogens is 1400 g/mol. The molecule has 0 heterocycles. The summed E-state index contributed by atoms with van der Waals surface area (Å²) in [5.74, 6) is 4.48. The number of nitrogens with zero attached hydrogens (tertiary/aromatic N) is 2. The zero-order valence-corrected chi connectivity index (χ0v) is 67.1. The van der Waals surface area contributed by atoms with Gasteiger partial charge in [0.25, 0.3) is 0 Å². The number of hydrogen-bond acceptors (Lipinski definition) is 17. The second-order valence-corrected chi connectivity index (χ2v) is 28.4. The highest BCUT2D eigenvalue weighted by Crippen LogP contribution is 2.45. The van der Waals surface area contributed by atoms with E-state index in [4.69, 9.17) is 71.4 Å². The molecule has 588 valence electrons. The third-order valence-electron chi connectivity index (χ3n) is 19.2. The third-order valence-corrected chi connectivity index (χ3v) is 20.8. The summed E-state index contributed by atoms with van der Waals surface area (Å²) in [6.45, 7) is 13.1. The van der Waals surface area contributed by atoms with Crippen molar-refractivity contribution in [2.75, 3.05) is 129 Å². The summed E-state index contributed by atoms with van der Waals surface area (Å²) >= 11 is 0. The lowest BCUT2D eigenvalue weighted by Gasteiger charge is -2.36. The van der Waals surface area contributed by atoms with Crippen LogP contribution < -0.4 is 28.4 Å². The van der Waals surface area contributed by atoms with Gasteiger partial charge in [0, 0.05) is 45.1 Å². The van der Waals surface area contributed by atoms with Crippen molar-refractivity contribution in [2.45, 2.75) is 108 Å². The van der Waals surface area contributed by atoms with Gasteiger partial charge in [0.05, 0.1) is 122 Å². The van der Waals surface area contributed by atoms with Gasteiger partial charge >= 0.3 is 0 Å². The first-order valence-electron chi connectivity index (χ1n) is 38.2. The van der Waals surface area contributed by atoms with Crippen LogP contribution in [-0.4, -0.2) is 150 Å². The van der Waals surface area contributed by atoms with Gasteiger partial charge in [-0.25, -0.2) is 0 Å². The van der Waals surface area contributed by atoms with Gasteiger partial charge in [-0.3, -0.25) is 4.67 Å². The average molecular weight is 1520 g/mol. The van der Waals surface area contributed by atoms with Gasteiger partial charge in [-0.15, -0.1) is 0 Å². The predicted molar refractivity (Wildman–Crippen MR) is 437 cm³/mol. The lowest BCUT2D eigenvalue weighted by Crippen LogP contribution is -2.42. The fraction of sp³-hybridized carbons (Fsp3) is 0.402. The van der Waals surface area contributed by atoms with Crippen LogP contribution in [0.25, 0.3) is 0 Å². The molecule has 0 saturated heterocycles. The Kier molecular flexibility index (Phi) is 37.0. The van der Waals surface area contributed by atoms with Crippen LogP contribution in [0.3, 0.4) is 0 Å². The molecule has 1 N–H and O–H groups in total. The summed E-state index contributed by atoms with van der Waals surface area (Å²) in [6.07, 6.45) is 5.62. The average Bonchev–Trinajstić information content (AvgIpc) is 0.768. The molecule has 0 fully saturated rings. The van der Waals surface area contributed by atoms with Crippen molar-refractivity contribution in [2.24, 2.45) is 5.41 Å². The third kappa shape index (κ3) is 24.4. The van der Waals surface area contributed by atoms with E-state index < -0.39 is 22.2 Å². The van der Waals surface area contributed by atoms with Crippen LogP contribution >= 0.6 is 8.96 Å². The number of aliphatic hydroxyl groups excluding tert-OH is 1. The summed E-state index contributed by atoms with van der Waals surface area (Å²) in [5.41, 5.74) is 4.89. The number of aliphatic hydroxyl groups is 1. The van der Waals surface area contributed by atoms with Crippen molar-refractivity contribution in [3.63, 3.8) is 0 Å². The van der Waals surface area contributed by atoms with Crippen molar-refractivity contribution in [1.29, 1.82) is 5.26 Å². The first kappa shape index (κ1) is 86.9. The van der Waals surface area contributed by atoms with E-state index in [1.54, 1.807) is 42.7 Å². The molecule has 0 aromatic heterocycles. The number of nitriles is 1. The molecule has 0 aliphatic carbocycles. The van der Waals surface area contributed by atoms with Crippen LogP contribution in [-0.2, 0) is 54.5 Å². The Morgan fingerprint density at radius 3 is 0.800 bits per heavy atom. The van der Waals surface area contributed by atoms with Gasteiger partial charge in [0.15, 0.2) is 0 Å². The Bertz CT molecular complexity index is 3460. The van der Waals surface area contributed by atoms with Crippen molar-refractivity contribution < 1.29 is 71.2 Å². The molecule has 0 saturated carbocycles. The van der Waals surface area contributed by atoms with Crippen LogP contribution in [0.5, 0.6) is 34.5 Å². The van der Waals surface area contributed by atoms with Crippen molar-refractivity contribution in [3.8, 4) is 40.6 Å². The molecule has 0 aliphatic rings. The lowest BCUT2D eigenvalue weighted by molar-refractivity contribution is -0.113. The molecule has 0 aliphatic heterocycles. The number of rotatable bonds is 50. The smallest absolute Gasteiger partial charge is 0.143 e. The quantitative estimate of drug-likeness (QED) is 0.0216. The van der Waals surface area contributed by atoms with E-state index in [1.807, 2.05) is 127 Å². The van der Waals surface area contributed by atoms with E-state index in [1.165, 1.54) is 0 Å². The molecule has 1 atom stereocenters. The van der Waals surface area contributed by atoms with Crippen LogP contribution in [0.15, 0.2) is 237 Å². The highest BCUT2D eigenvalue weighted by molar-refractivity contribution is 7.29. The zero-order valence-electron chi connectivity index (χ0n) is 66.1. The number of ether oxygens (including phenoxy) is 13. The van der Waals surface area contributed by atoms with E-state index in [2.05, 4.69) is 148 Å². The molecule has 0 amide bonds. The molecule has 18 heteroatoms. The van der Waals surface area contributed by atoms with Gasteiger partial charge in [-0.05, 0) is 183 Å². The van der Waals surface area contributed by atoms with Crippen molar-refractivity contribution in [1.82, 2.24) is 4.67 Å². The number of benzene rings is 9. The lowest BCUT2D eigenvalue weighted by atomic mass is 9.80.